The van der Waals surface area contributed by atoms with Gasteiger partial charge in [-0.05, 0) is 42.7 Å². The lowest BCUT2D eigenvalue weighted by Crippen LogP contribution is -1.88. The molecule has 20 heavy (non-hydrogen) atoms. The molecule has 2 aromatic carbocycles. The molecular weight excluding hydrogens is 242 g/mol. The van der Waals surface area contributed by atoms with E-state index < -0.39 is 0 Å². The lowest BCUT2D eigenvalue weighted by molar-refractivity contribution is 1.30. The van der Waals surface area contributed by atoms with Gasteiger partial charge in [-0.2, -0.15) is 0 Å². The molecular formula is C19H17N. The molecule has 0 fully saturated rings. The summed E-state index contributed by atoms with van der Waals surface area (Å²) in [4.78, 5) is 4.52. The average molecular weight is 259 g/mol. The van der Waals surface area contributed by atoms with Gasteiger partial charge in [-0.25, -0.2) is 0 Å². The molecule has 0 unspecified atom stereocenters. The molecule has 0 saturated heterocycles. The van der Waals surface area contributed by atoms with Crippen molar-refractivity contribution in [3.63, 3.8) is 0 Å². The first-order valence-electron chi connectivity index (χ1n) is 6.83. The minimum Gasteiger partial charge on any atom is -0.256 e. The number of aryl methyl sites for hydroxylation is 2. The summed E-state index contributed by atoms with van der Waals surface area (Å²) < 4.78 is 0. The van der Waals surface area contributed by atoms with Gasteiger partial charge in [0, 0.05) is 11.8 Å². The lowest BCUT2D eigenvalue weighted by Gasteiger charge is -2.08. The molecule has 0 spiro atoms. The highest BCUT2D eigenvalue weighted by Gasteiger charge is 2.05. The Hall–Kier alpha value is -2.41. The molecule has 98 valence electrons. The average Bonchev–Trinajstić information content (AvgIpc) is 2.48. The van der Waals surface area contributed by atoms with Gasteiger partial charge in [0.25, 0.3) is 0 Å². The SMILES string of the molecule is Cc1cccc(-c2ccnc(-c3ccccc3C)c2)c1. The van der Waals surface area contributed by atoms with Gasteiger partial charge in [0.1, 0.15) is 0 Å². The van der Waals surface area contributed by atoms with Crippen LogP contribution in [-0.2, 0) is 0 Å². The Morgan fingerprint density at radius 3 is 2.35 bits per heavy atom. The molecule has 0 N–H and O–H groups in total. The maximum absolute atomic E-state index is 4.52. The molecule has 0 aliphatic carbocycles. The van der Waals surface area contributed by atoms with Crippen molar-refractivity contribution in [2.24, 2.45) is 0 Å². The van der Waals surface area contributed by atoms with Crippen molar-refractivity contribution in [3.05, 3.63) is 78.0 Å². The van der Waals surface area contributed by atoms with E-state index in [2.05, 4.69) is 79.5 Å². The van der Waals surface area contributed by atoms with Crippen molar-refractivity contribution >= 4 is 0 Å². The van der Waals surface area contributed by atoms with E-state index in [9.17, 15) is 0 Å². The van der Waals surface area contributed by atoms with Crippen LogP contribution >= 0.6 is 0 Å². The smallest absolute Gasteiger partial charge is 0.0710 e. The highest BCUT2D eigenvalue weighted by Crippen LogP contribution is 2.26. The fourth-order valence-electron chi connectivity index (χ4n) is 2.44. The Morgan fingerprint density at radius 1 is 0.750 bits per heavy atom. The standard InChI is InChI=1S/C19H17N/c1-14-6-5-8-16(12-14)17-10-11-20-19(13-17)18-9-4-3-7-15(18)2/h3-13H,1-2H3. The predicted molar refractivity (Wildman–Crippen MR) is 84.6 cm³/mol. The molecule has 3 aromatic rings. The summed E-state index contributed by atoms with van der Waals surface area (Å²) in [5, 5.41) is 0. The van der Waals surface area contributed by atoms with Crippen LogP contribution < -0.4 is 0 Å². The van der Waals surface area contributed by atoms with Gasteiger partial charge in [-0.3, -0.25) is 4.98 Å². The topological polar surface area (TPSA) is 12.9 Å². The van der Waals surface area contributed by atoms with Crippen LogP contribution in [0.3, 0.4) is 0 Å². The maximum Gasteiger partial charge on any atom is 0.0710 e. The van der Waals surface area contributed by atoms with Gasteiger partial charge in [0.05, 0.1) is 5.69 Å². The summed E-state index contributed by atoms with van der Waals surface area (Å²) in [6, 6.07) is 21.2. The Morgan fingerprint density at radius 2 is 1.55 bits per heavy atom. The Kier molecular flexibility index (Phi) is 3.34. The largest absolute Gasteiger partial charge is 0.256 e. The first-order chi connectivity index (χ1) is 9.74. The zero-order valence-electron chi connectivity index (χ0n) is 11.8. The zero-order chi connectivity index (χ0) is 13.9. The lowest BCUT2D eigenvalue weighted by atomic mass is 10.00. The number of nitrogens with zero attached hydrogens (tertiary/aromatic N) is 1. The first kappa shape index (κ1) is 12.6. The van der Waals surface area contributed by atoms with Crippen LogP contribution in [0.4, 0.5) is 0 Å². The van der Waals surface area contributed by atoms with Crippen molar-refractivity contribution in [1.29, 1.82) is 0 Å². The Labute approximate surface area is 119 Å². The highest BCUT2D eigenvalue weighted by molar-refractivity contribution is 5.72. The number of benzene rings is 2. The van der Waals surface area contributed by atoms with Crippen molar-refractivity contribution in [2.45, 2.75) is 13.8 Å². The molecule has 1 nitrogen and oxygen atoms in total. The van der Waals surface area contributed by atoms with Crippen molar-refractivity contribution < 1.29 is 0 Å². The van der Waals surface area contributed by atoms with Gasteiger partial charge >= 0.3 is 0 Å². The molecule has 0 amide bonds. The van der Waals surface area contributed by atoms with Crippen molar-refractivity contribution in [1.82, 2.24) is 4.98 Å². The molecule has 0 atom stereocenters. The summed E-state index contributed by atoms with van der Waals surface area (Å²) >= 11 is 0. The number of rotatable bonds is 2. The first-order valence-corrected chi connectivity index (χ1v) is 6.83. The third-order valence-electron chi connectivity index (χ3n) is 3.53. The molecule has 0 saturated carbocycles. The van der Waals surface area contributed by atoms with Crippen LogP contribution in [0.1, 0.15) is 11.1 Å². The summed E-state index contributed by atoms with van der Waals surface area (Å²) in [6.45, 7) is 4.24. The number of pyridine rings is 1. The second-order valence-electron chi connectivity index (χ2n) is 5.11. The number of aromatic nitrogens is 1. The van der Waals surface area contributed by atoms with E-state index in [-0.39, 0.29) is 0 Å². The van der Waals surface area contributed by atoms with E-state index in [1.165, 1.54) is 27.8 Å². The van der Waals surface area contributed by atoms with Gasteiger partial charge in [0.15, 0.2) is 0 Å². The predicted octanol–water partition coefficient (Wildman–Crippen LogP) is 5.03. The minimum absolute atomic E-state index is 1.03. The van der Waals surface area contributed by atoms with Crippen LogP contribution in [0.15, 0.2) is 66.9 Å². The van der Waals surface area contributed by atoms with E-state index >= 15 is 0 Å². The van der Waals surface area contributed by atoms with Crippen molar-refractivity contribution in [3.8, 4) is 22.4 Å². The third-order valence-corrected chi connectivity index (χ3v) is 3.53. The molecule has 0 radical (unpaired) electrons. The third kappa shape index (κ3) is 2.48. The van der Waals surface area contributed by atoms with Crippen LogP contribution in [0, 0.1) is 13.8 Å². The van der Waals surface area contributed by atoms with E-state index in [1.54, 1.807) is 0 Å². The number of hydrogen-bond donors (Lipinski definition) is 0. The molecule has 0 aliphatic rings. The molecule has 1 heteroatoms. The van der Waals surface area contributed by atoms with Gasteiger partial charge in [0.2, 0.25) is 0 Å². The quantitative estimate of drug-likeness (QED) is 0.628. The van der Waals surface area contributed by atoms with E-state index in [0.717, 1.165) is 5.69 Å². The maximum atomic E-state index is 4.52. The van der Waals surface area contributed by atoms with E-state index in [0.29, 0.717) is 0 Å². The summed E-state index contributed by atoms with van der Waals surface area (Å²) in [5.74, 6) is 0. The van der Waals surface area contributed by atoms with Crippen LogP contribution in [0.5, 0.6) is 0 Å². The minimum atomic E-state index is 1.03. The Balaban J connectivity index is 2.09. The van der Waals surface area contributed by atoms with Gasteiger partial charge in [-0.15, -0.1) is 0 Å². The van der Waals surface area contributed by atoms with Crippen LogP contribution in [0.25, 0.3) is 22.4 Å². The van der Waals surface area contributed by atoms with Crippen molar-refractivity contribution in [2.75, 3.05) is 0 Å². The monoisotopic (exact) mass is 259 g/mol. The molecule has 0 bridgehead atoms. The Bertz CT molecular complexity index is 744. The highest BCUT2D eigenvalue weighted by atomic mass is 14.7. The molecule has 0 aliphatic heterocycles. The second-order valence-corrected chi connectivity index (χ2v) is 5.11. The fourth-order valence-corrected chi connectivity index (χ4v) is 2.44. The normalized spacial score (nSPS) is 10.5. The molecule has 3 rings (SSSR count). The molecule has 1 heterocycles. The molecule has 1 aromatic heterocycles. The van der Waals surface area contributed by atoms with Crippen LogP contribution in [-0.4, -0.2) is 4.98 Å². The van der Waals surface area contributed by atoms with E-state index in [1.807, 2.05) is 6.20 Å². The number of hydrogen-bond acceptors (Lipinski definition) is 1. The summed E-state index contributed by atoms with van der Waals surface area (Å²) in [7, 11) is 0. The second kappa shape index (κ2) is 5.30. The van der Waals surface area contributed by atoms with E-state index in [4.69, 9.17) is 0 Å². The fraction of sp³-hybridized carbons (Fsp3) is 0.105. The van der Waals surface area contributed by atoms with Gasteiger partial charge in [-0.1, -0.05) is 54.1 Å². The van der Waals surface area contributed by atoms with Gasteiger partial charge < -0.3 is 0 Å². The summed E-state index contributed by atoms with van der Waals surface area (Å²) in [6.07, 6.45) is 1.89. The zero-order valence-corrected chi connectivity index (χ0v) is 11.8. The van der Waals surface area contributed by atoms with Crippen LogP contribution in [0.2, 0.25) is 0 Å². The summed E-state index contributed by atoms with van der Waals surface area (Å²) in [5.41, 5.74) is 7.20.